The Labute approximate surface area is 92.0 Å². The molecule has 4 N–H and O–H groups in total. The van der Waals surface area contributed by atoms with Crippen molar-refractivity contribution in [3.05, 3.63) is 24.0 Å². The summed E-state index contributed by atoms with van der Waals surface area (Å²) in [4.78, 5) is 11.2. The number of carbonyl (C=O) groups excluding carboxylic acids is 1. The van der Waals surface area contributed by atoms with E-state index in [1.807, 2.05) is 0 Å². The lowest BCUT2D eigenvalue weighted by Crippen LogP contribution is -2.20. The monoisotopic (exact) mass is 228 g/mol. The molecule has 1 aromatic carbocycles. The predicted octanol–water partition coefficient (Wildman–Crippen LogP) is 0.355. The highest BCUT2D eigenvalue weighted by Crippen LogP contribution is 2.17. The van der Waals surface area contributed by atoms with E-state index in [1.165, 1.54) is 18.2 Å². The Kier molecular flexibility index (Phi) is 4.68. The molecule has 0 atom stereocenters. The summed E-state index contributed by atoms with van der Waals surface area (Å²) in [5.74, 6) is -1.07. The first kappa shape index (κ1) is 12.4. The number of hydrogen-bond acceptors (Lipinski definition) is 4. The third kappa shape index (κ3) is 3.84. The lowest BCUT2D eigenvalue weighted by Gasteiger charge is -2.07. The molecule has 88 valence electrons. The summed E-state index contributed by atoms with van der Waals surface area (Å²) in [5.41, 5.74) is 5.81. The average molecular weight is 228 g/mol. The topological polar surface area (TPSA) is 84.6 Å². The van der Waals surface area contributed by atoms with Gasteiger partial charge in [0.25, 0.3) is 0 Å². The van der Waals surface area contributed by atoms with Crippen molar-refractivity contribution in [3.63, 3.8) is 0 Å². The number of ether oxygens (including phenoxy) is 1. The van der Waals surface area contributed by atoms with E-state index >= 15 is 0 Å². The van der Waals surface area contributed by atoms with Crippen LogP contribution in [0.1, 0.15) is 0 Å². The molecular formula is C10H13FN2O3. The van der Waals surface area contributed by atoms with Gasteiger partial charge in [0.1, 0.15) is 12.4 Å². The molecule has 1 rings (SSSR count). The van der Waals surface area contributed by atoms with E-state index in [4.69, 9.17) is 15.6 Å². The minimum atomic E-state index is -0.565. The minimum absolute atomic E-state index is 0.0117. The highest BCUT2D eigenvalue weighted by atomic mass is 19.1. The SMILES string of the molecule is Nc1ccc(F)c(NC(=O)COCCO)c1. The molecule has 0 heterocycles. The largest absolute Gasteiger partial charge is 0.399 e. The number of nitrogens with two attached hydrogens (primary N) is 1. The van der Waals surface area contributed by atoms with E-state index in [9.17, 15) is 9.18 Å². The second-order valence-corrected chi connectivity index (χ2v) is 3.06. The van der Waals surface area contributed by atoms with Crippen molar-refractivity contribution in [1.29, 1.82) is 0 Å². The van der Waals surface area contributed by atoms with Crippen molar-refractivity contribution >= 4 is 17.3 Å². The molecule has 0 aliphatic heterocycles. The molecule has 0 radical (unpaired) electrons. The fourth-order valence-electron chi connectivity index (χ4n) is 1.05. The Morgan fingerprint density at radius 3 is 3.00 bits per heavy atom. The maximum Gasteiger partial charge on any atom is 0.250 e. The van der Waals surface area contributed by atoms with Gasteiger partial charge in [-0.05, 0) is 18.2 Å². The van der Waals surface area contributed by atoms with Gasteiger partial charge in [-0.3, -0.25) is 4.79 Å². The lowest BCUT2D eigenvalue weighted by molar-refractivity contribution is -0.120. The van der Waals surface area contributed by atoms with Gasteiger partial charge >= 0.3 is 0 Å². The van der Waals surface area contributed by atoms with Crippen LogP contribution in [0.3, 0.4) is 0 Å². The first-order valence-corrected chi connectivity index (χ1v) is 4.67. The van der Waals surface area contributed by atoms with Gasteiger partial charge in [-0.15, -0.1) is 0 Å². The fraction of sp³-hybridized carbons (Fsp3) is 0.300. The molecule has 6 heteroatoms. The zero-order chi connectivity index (χ0) is 12.0. The van der Waals surface area contributed by atoms with Crippen molar-refractivity contribution in [1.82, 2.24) is 0 Å². The lowest BCUT2D eigenvalue weighted by atomic mass is 10.2. The van der Waals surface area contributed by atoms with E-state index < -0.39 is 11.7 Å². The summed E-state index contributed by atoms with van der Waals surface area (Å²) in [6.07, 6.45) is 0. The van der Waals surface area contributed by atoms with Crippen LogP contribution in [0, 0.1) is 5.82 Å². The second kappa shape index (κ2) is 6.04. The Bertz CT molecular complexity index is 371. The van der Waals surface area contributed by atoms with Crippen molar-refractivity contribution in [2.24, 2.45) is 0 Å². The molecule has 0 fully saturated rings. The smallest absolute Gasteiger partial charge is 0.250 e. The van der Waals surface area contributed by atoms with Crippen LogP contribution in [-0.4, -0.2) is 30.8 Å². The highest BCUT2D eigenvalue weighted by Gasteiger charge is 2.07. The maximum absolute atomic E-state index is 13.2. The van der Waals surface area contributed by atoms with Crippen LogP contribution in [-0.2, 0) is 9.53 Å². The first-order valence-electron chi connectivity index (χ1n) is 4.67. The minimum Gasteiger partial charge on any atom is -0.399 e. The number of nitrogen functional groups attached to an aromatic ring is 1. The van der Waals surface area contributed by atoms with Gasteiger partial charge in [-0.25, -0.2) is 4.39 Å². The third-order valence-electron chi connectivity index (χ3n) is 1.73. The van der Waals surface area contributed by atoms with Gasteiger partial charge in [0.15, 0.2) is 0 Å². The number of aliphatic hydroxyl groups is 1. The summed E-state index contributed by atoms with van der Waals surface area (Å²) in [6.45, 7) is -0.346. The molecule has 5 nitrogen and oxygen atoms in total. The average Bonchev–Trinajstić information content (AvgIpc) is 2.24. The van der Waals surface area contributed by atoms with Gasteiger partial charge in [0.05, 0.1) is 18.9 Å². The molecule has 0 aliphatic carbocycles. The first-order chi connectivity index (χ1) is 7.63. The van der Waals surface area contributed by atoms with Gasteiger partial charge < -0.3 is 20.9 Å². The van der Waals surface area contributed by atoms with Gasteiger partial charge in [0.2, 0.25) is 5.91 Å². The quantitative estimate of drug-likeness (QED) is 0.501. The van der Waals surface area contributed by atoms with E-state index in [1.54, 1.807) is 0 Å². The van der Waals surface area contributed by atoms with Crippen molar-refractivity contribution in [2.45, 2.75) is 0 Å². The Balaban J connectivity index is 2.52. The molecule has 0 saturated carbocycles. The van der Waals surface area contributed by atoms with Crippen LogP contribution in [0.4, 0.5) is 15.8 Å². The van der Waals surface area contributed by atoms with Gasteiger partial charge in [0, 0.05) is 5.69 Å². The van der Waals surface area contributed by atoms with E-state index in [-0.39, 0.29) is 25.5 Å². The van der Waals surface area contributed by atoms with E-state index in [2.05, 4.69) is 5.32 Å². The number of halogens is 1. The second-order valence-electron chi connectivity index (χ2n) is 3.06. The van der Waals surface area contributed by atoms with Crippen LogP contribution >= 0.6 is 0 Å². The molecule has 0 unspecified atom stereocenters. The molecule has 0 aromatic heterocycles. The summed E-state index contributed by atoms with van der Waals surface area (Å²) in [6, 6.07) is 3.88. The van der Waals surface area contributed by atoms with Crippen LogP contribution in [0.5, 0.6) is 0 Å². The van der Waals surface area contributed by atoms with Crippen molar-refractivity contribution in [2.75, 3.05) is 30.9 Å². The Morgan fingerprint density at radius 1 is 1.56 bits per heavy atom. The summed E-state index contributed by atoms with van der Waals surface area (Å²) < 4.78 is 17.9. The van der Waals surface area contributed by atoms with Crippen LogP contribution in [0.25, 0.3) is 0 Å². The summed E-state index contributed by atoms with van der Waals surface area (Å²) >= 11 is 0. The van der Waals surface area contributed by atoms with Crippen molar-refractivity contribution in [3.8, 4) is 0 Å². The van der Waals surface area contributed by atoms with E-state index in [0.717, 1.165) is 0 Å². The van der Waals surface area contributed by atoms with Crippen LogP contribution in [0.15, 0.2) is 18.2 Å². The summed E-state index contributed by atoms with van der Waals surface area (Å²) in [7, 11) is 0. The molecule has 0 bridgehead atoms. The van der Waals surface area contributed by atoms with Crippen LogP contribution < -0.4 is 11.1 Å². The highest BCUT2D eigenvalue weighted by molar-refractivity contribution is 5.92. The van der Waals surface area contributed by atoms with Gasteiger partial charge in [-0.2, -0.15) is 0 Å². The number of carbonyl (C=O) groups is 1. The molecule has 16 heavy (non-hydrogen) atoms. The Hall–Kier alpha value is -1.66. The van der Waals surface area contributed by atoms with Crippen LogP contribution in [0.2, 0.25) is 0 Å². The number of aliphatic hydroxyl groups excluding tert-OH is 1. The number of benzene rings is 1. The maximum atomic E-state index is 13.2. The zero-order valence-corrected chi connectivity index (χ0v) is 8.57. The normalized spacial score (nSPS) is 10.1. The number of amides is 1. The molecule has 0 aliphatic rings. The predicted molar refractivity (Wildman–Crippen MR) is 57.3 cm³/mol. The number of rotatable bonds is 5. The number of anilines is 2. The molecular weight excluding hydrogens is 215 g/mol. The molecule has 0 saturated heterocycles. The fourth-order valence-corrected chi connectivity index (χ4v) is 1.05. The number of hydrogen-bond donors (Lipinski definition) is 3. The third-order valence-corrected chi connectivity index (χ3v) is 1.73. The van der Waals surface area contributed by atoms with Crippen molar-refractivity contribution < 1.29 is 19.0 Å². The zero-order valence-electron chi connectivity index (χ0n) is 8.57. The van der Waals surface area contributed by atoms with Gasteiger partial charge in [-0.1, -0.05) is 0 Å². The van der Waals surface area contributed by atoms with E-state index in [0.29, 0.717) is 5.69 Å². The Morgan fingerprint density at radius 2 is 2.31 bits per heavy atom. The summed E-state index contributed by atoms with van der Waals surface area (Å²) in [5, 5.41) is 10.7. The molecule has 1 aromatic rings. The number of nitrogens with one attached hydrogen (secondary N) is 1. The standard InChI is InChI=1S/C10H13FN2O3/c11-8-2-1-7(12)5-9(8)13-10(15)6-16-4-3-14/h1-2,5,14H,3-4,6,12H2,(H,13,15). The molecule has 0 spiro atoms. The molecule has 1 amide bonds.